The molecule has 0 aromatic heterocycles. The summed E-state index contributed by atoms with van der Waals surface area (Å²) in [5.74, 6) is -1.01. The van der Waals surface area contributed by atoms with Crippen LogP contribution < -0.4 is 0 Å². The molecule has 0 unspecified atom stereocenters. The first-order chi connectivity index (χ1) is 6.77. The van der Waals surface area contributed by atoms with Crippen molar-refractivity contribution in [3.8, 4) is 0 Å². The van der Waals surface area contributed by atoms with Gasteiger partial charge in [0.25, 0.3) is 0 Å². The number of rotatable bonds is 1. The van der Waals surface area contributed by atoms with E-state index in [9.17, 15) is 8.78 Å². The van der Waals surface area contributed by atoms with Crippen LogP contribution in [0, 0.1) is 19.1 Å². The van der Waals surface area contributed by atoms with E-state index in [0.717, 1.165) is 27.9 Å². The van der Waals surface area contributed by atoms with Gasteiger partial charge in [-0.2, -0.15) is 0 Å². The summed E-state index contributed by atoms with van der Waals surface area (Å²) in [6, 6.07) is 6.79. The maximum Gasteiger partial charge on any atom is 2.00 e. The van der Waals surface area contributed by atoms with Gasteiger partial charge < -0.3 is 16.9 Å². The second-order valence-corrected chi connectivity index (χ2v) is 5.20. The van der Waals surface area contributed by atoms with Crippen molar-refractivity contribution in [3.05, 3.63) is 42.8 Å². The van der Waals surface area contributed by atoms with Crippen LogP contribution in [0.5, 0.6) is 0 Å². The molecule has 91 valence electrons. The van der Waals surface area contributed by atoms with Gasteiger partial charge in [0, 0.05) is 0 Å². The van der Waals surface area contributed by atoms with E-state index in [1.54, 1.807) is 6.07 Å². The molecule has 2 rings (SSSR count). The Bertz CT molecular complexity index is 330. The zero-order valence-electron chi connectivity index (χ0n) is 10.0. The van der Waals surface area contributed by atoms with Crippen LogP contribution in [0.2, 0.25) is 12.1 Å². The maximum absolute atomic E-state index is 13.0. The van der Waals surface area contributed by atoms with Crippen molar-refractivity contribution in [3.63, 3.8) is 0 Å². The Morgan fingerprint density at radius 1 is 1.06 bits per heavy atom. The van der Waals surface area contributed by atoms with E-state index >= 15 is 0 Å². The van der Waals surface area contributed by atoms with E-state index in [2.05, 4.69) is 0 Å². The fourth-order valence-electron chi connectivity index (χ4n) is 1.92. The third kappa shape index (κ3) is 5.24. The smallest absolute Gasteiger partial charge is 0.429 e. The Labute approximate surface area is 127 Å². The van der Waals surface area contributed by atoms with Gasteiger partial charge in [-0.3, -0.25) is 0 Å². The van der Waals surface area contributed by atoms with E-state index in [4.69, 9.17) is 0 Å². The number of halogens is 3. The average Bonchev–Trinajstić information content (AvgIpc) is 2.23. The first kappa shape index (κ1) is 19.7. The van der Waals surface area contributed by atoms with Gasteiger partial charge in [-0.05, 0) is 23.6 Å². The fraction of sp³-hybridized carbons (Fsp3) is 0.417. The zero-order chi connectivity index (χ0) is 9.97. The Morgan fingerprint density at radius 3 is 2.18 bits per heavy atom. The normalized spacial score (nSPS) is 15.2. The Hall–Kier alpha value is 0.353. The molecule has 5 heteroatoms. The van der Waals surface area contributed by atoms with Crippen LogP contribution in [0.15, 0.2) is 18.2 Å². The van der Waals surface area contributed by atoms with Crippen molar-refractivity contribution >= 4 is 45.0 Å². The third-order valence-electron chi connectivity index (χ3n) is 2.75. The monoisotopic (exact) mass is 285 g/mol. The van der Waals surface area contributed by atoms with E-state index in [-0.39, 0.29) is 42.9 Å². The second-order valence-electron chi connectivity index (χ2n) is 3.70. The summed E-state index contributed by atoms with van der Waals surface area (Å²) in [4.78, 5) is 0. The van der Waals surface area contributed by atoms with Crippen molar-refractivity contribution in [1.29, 1.82) is 0 Å². The van der Waals surface area contributed by atoms with Gasteiger partial charge >= 0.3 is 23.1 Å². The molecule has 0 saturated carbocycles. The molecular formula is C12H16ClF2MgSi. The van der Waals surface area contributed by atoms with Crippen LogP contribution in [0.25, 0.3) is 0 Å². The summed E-state index contributed by atoms with van der Waals surface area (Å²) in [7, 11) is 1.06. The molecule has 1 aliphatic rings. The van der Waals surface area contributed by atoms with E-state index < -0.39 is 11.6 Å². The summed E-state index contributed by atoms with van der Waals surface area (Å²) in [6.45, 7) is 0. The van der Waals surface area contributed by atoms with Gasteiger partial charge in [-0.1, -0.05) is 18.9 Å². The summed E-state index contributed by atoms with van der Waals surface area (Å²) in [5.41, 5.74) is 0.966. The minimum Gasteiger partial charge on any atom is -0.429 e. The van der Waals surface area contributed by atoms with E-state index in [1.807, 2.05) is 0 Å². The molecule has 0 nitrogen and oxygen atoms in total. The number of hydrogen-bond acceptors (Lipinski definition) is 0. The molecule has 1 fully saturated rings. The van der Waals surface area contributed by atoms with Gasteiger partial charge in [0.15, 0.2) is 11.6 Å². The molecule has 17 heavy (non-hydrogen) atoms. The minimum atomic E-state index is -0.744. The van der Waals surface area contributed by atoms with Gasteiger partial charge in [0.05, 0.1) is 0 Å². The molecule has 0 spiro atoms. The summed E-state index contributed by atoms with van der Waals surface area (Å²) in [6.07, 6.45) is 2.26. The second kappa shape index (κ2) is 9.31. The molecule has 0 amide bonds. The molecule has 0 atom stereocenters. The zero-order valence-corrected chi connectivity index (χ0v) is 13.2. The predicted octanol–water partition coefficient (Wildman–Crippen LogP) is 3.87. The van der Waals surface area contributed by atoms with E-state index in [1.165, 1.54) is 24.2 Å². The SMILES string of the molecule is Cl.Fc1ccc(C2CC[Si-]CC2)cc1F.[CH3-].[Mg+2]. The first-order valence-electron chi connectivity index (χ1n) is 4.93. The summed E-state index contributed by atoms with van der Waals surface area (Å²) < 4.78 is 25.7. The molecule has 1 aromatic rings. The van der Waals surface area contributed by atoms with Gasteiger partial charge in [0.2, 0.25) is 0 Å². The van der Waals surface area contributed by atoms with Crippen LogP contribution in [-0.2, 0) is 0 Å². The Kier molecular flexibility index (Phi) is 10.8. The molecule has 1 radical (unpaired) electrons. The maximum atomic E-state index is 13.0. The van der Waals surface area contributed by atoms with Crippen molar-refractivity contribution in [2.24, 2.45) is 0 Å². The number of hydrogen-bond donors (Lipinski definition) is 0. The predicted molar refractivity (Wildman–Crippen MR) is 73.1 cm³/mol. The van der Waals surface area contributed by atoms with Crippen LogP contribution in [0.1, 0.15) is 24.3 Å². The number of benzene rings is 1. The van der Waals surface area contributed by atoms with Gasteiger partial charge in [-0.25, -0.2) is 20.9 Å². The average molecular weight is 286 g/mol. The first-order valence-corrected chi connectivity index (χ1v) is 6.34. The fourth-order valence-corrected chi connectivity index (χ4v) is 3.28. The molecule has 1 heterocycles. The van der Waals surface area contributed by atoms with E-state index in [0.29, 0.717) is 5.92 Å². The minimum absolute atomic E-state index is 0. The molecule has 1 aliphatic heterocycles. The molecule has 1 aromatic carbocycles. The summed E-state index contributed by atoms with van der Waals surface area (Å²) >= 11 is 0. The van der Waals surface area contributed by atoms with Crippen LogP contribution >= 0.6 is 12.4 Å². The molecule has 0 aliphatic carbocycles. The topological polar surface area (TPSA) is 0 Å². The standard InChI is InChI=1S/C11H12F2Si.CH3.ClH.Mg/c12-10-2-1-9(7-11(10)13)8-3-5-14-6-4-8;;;/h1-2,7-8H,3-6H2;1H3;1H;/q2*-1;;+2. The van der Waals surface area contributed by atoms with Crippen molar-refractivity contribution in [2.45, 2.75) is 30.8 Å². The Balaban J connectivity index is 0. The van der Waals surface area contributed by atoms with Gasteiger partial charge in [-0.15, -0.1) is 12.4 Å². The summed E-state index contributed by atoms with van der Waals surface area (Å²) in [5, 5.41) is 0. The van der Waals surface area contributed by atoms with Crippen LogP contribution in [-0.4, -0.2) is 32.6 Å². The molecule has 1 saturated heterocycles. The van der Waals surface area contributed by atoms with Crippen molar-refractivity contribution in [2.75, 3.05) is 0 Å². The van der Waals surface area contributed by atoms with Gasteiger partial charge in [0.1, 0.15) is 0 Å². The van der Waals surface area contributed by atoms with Crippen LogP contribution in [0.4, 0.5) is 8.78 Å². The quantitative estimate of drug-likeness (QED) is 0.543. The third-order valence-corrected chi connectivity index (χ3v) is 4.04. The molecule has 0 bridgehead atoms. The van der Waals surface area contributed by atoms with Crippen molar-refractivity contribution in [1.82, 2.24) is 0 Å². The largest absolute Gasteiger partial charge is 2.00 e. The molecule has 0 N–H and O–H groups in total. The molecular weight excluding hydrogens is 270 g/mol. The van der Waals surface area contributed by atoms with Crippen LogP contribution in [0.3, 0.4) is 0 Å². The Morgan fingerprint density at radius 2 is 1.65 bits per heavy atom. The van der Waals surface area contributed by atoms with Crippen molar-refractivity contribution < 1.29 is 8.78 Å².